The number of esters is 2. The Hall–Kier alpha value is -2.24. The minimum atomic E-state index is -1.28. The van der Waals surface area contributed by atoms with Crippen LogP contribution in [0.4, 0.5) is 0 Å². The number of aliphatic hydroxyl groups is 1. The van der Waals surface area contributed by atoms with Crippen molar-refractivity contribution in [3.63, 3.8) is 0 Å². The number of unbranched alkanes of at least 4 members (excludes halogenated alkanes) is 4. The van der Waals surface area contributed by atoms with E-state index in [9.17, 15) is 14.7 Å². The minimum absolute atomic E-state index is 0.467. The van der Waals surface area contributed by atoms with Crippen molar-refractivity contribution in [3.8, 4) is 23.7 Å². The van der Waals surface area contributed by atoms with Gasteiger partial charge in [-0.25, -0.2) is 0 Å². The summed E-state index contributed by atoms with van der Waals surface area (Å²) >= 11 is 0. The van der Waals surface area contributed by atoms with Gasteiger partial charge in [0.25, 0.3) is 0 Å². The molecule has 26 heavy (non-hydrogen) atoms. The van der Waals surface area contributed by atoms with Crippen LogP contribution in [0.1, 0.15) is 65.7 Å². The second kappa shape index (κ2) is 15.0. The van der Waals surface area contributed by atoms with Gasteiger partial charge in [-0.2, -0.15) is 0 Å². The number of carbonyl (C=O) groups is 2. The van der Waals surface area contributed by atoms with Crippen molar-refractivity contribution in [2.75, 3.05) is 0 Å². The fourth-order valence-electron chi connectivity index (χ4n) is 2.27. The summed E-state index contributed by atoms with van der Waals surface area (Å²) in [6, 6.07) is 0. The van der Waals surface area contributed by atoms with Crippen molar-refractivity contribution in [1.29, 1.82) is 0 Å². The molecule has 0 aromatic rings. The van der Waals surface area contributed by atoms with E-state index in [0.29, 0.717) is 6.42 Å². The van der Waals surface area contributed by atoms with Crippen LogP contribution in [0.3, 0.4) is 0 Å². The van der Waals surface area contributed by atoms with Gasteiger partial charge in [-0.1, -0.05) is 31.3 Å². The molecule has 0 saturated carbocycles. The Kier molecular flexibility index (Phi) is 13.8. The number of hydrogen-bond acceptors (Lipinski definition) is 5. The number of carbonyl (C=O) groups excluding carboxylic acids is 2. The molecule has 0 rings (SSSR count). The van der Waals surface area contributed by atoms with Crippen LogP contribution in [0.2, 0.25) is 0 Å². The van der Waals surface area contributed by atoms with Crippen LogP contribution in [0.15, 0.2) is 12.7 Å². The lowest BCUT2D eigenvalue weighted by atomic mass is 10.0. The summed E-state index contributed by atoms with van der Waals surface area (Å²) in [6.07, 6.45) is 4.45. The van der Waals surface area contributed by atoms with E-state index in [-0.39, 0.29) is 0 Å². The predicted molar refractivity (Wildman–Crippen MR) is 101 cm³/mol. The van der Waals surface area contributed by atoms with Crippen LogP contribution in [0.25, 0.3) is 0 Å². The van der Waals surface area contributed by atoms with Gasteiger partial charge in [0.1, 0.15) is 6.10 Å². The SMILES string of the molecule is C=CCCCCC[C@H](OC(C)=O)[C@@H](OC(C)=O)[C@H](O)C#CC#CCCC. The van der Waals surface area contributed by atoms with Gasteiger partial charge in [0.05, 0.1) is 0 Å². The fourth-order valence-corrected chi connectivity index (χ4v) is 2.27. The number of allylic oxidation sites excluding steroid dienone is 1. The molecule has 0 aliphatic carbocycles. The highest BCUT2D eigenvalue weighted by atomic mass is 16.6. The van der Waals surface area contributed by atoms with Crippen molar-refractivity contribution in [2.24, 2.45) is 0 Å². The zero-order valence-corrected chi connectivity index (χ0v) is 16.0. The number of rotatable bonds is 11. The van der Waals surface area contributed by atoms with Gasteiger partial charge in [-0.15, -0.1) is 6.58 Å². The first-order chi connectivity index (χ1) is 12.4. The molecule has 5 heteroatoms. The van der Waals surface area contributed by atoms with Crippen LogP contribution in [0, 0.1) is 23.7 Å². The summed E-state index contributed by atoms with van der Waals surface area (Å²) in [7, 11) is 0. The summed E-state index contributed by atoms with van der Waals surface area (Å²) < 4.78 is 10.5. The number of aliphatic hydroxyl groups excluding tert-OH is 1. The maximum Gasteiger partial charge on any atom is 0.303 e. The summed E-state index contributed by atoms with van der Waals surface area (Å²) in [5, 5.41) is 10.3. The largest absolute Gasteiger partial charge is 0.458 e. The summed E-state index contributed by atoms with van der Waals surface area (Å²) in [5.74, 6) is 9.54. The predicted octanol–water partition coefficient (Wildman–Crippen LogP) is 3.15. The Labute approximate surface area is 157 Å². The van der Waals surface area contributed by atoms with Crippen molar-refractivity contribution >= 4 is 11.9 Å². The molecule has 0 unspecified atom stereocenters. The van der Waals surface area contributed by atoms with Crippen LogP contribution in [-0.2, 0) is 19.1 Å². The highest BCUT2D eigenvalue weighted by Crippen LogP contribution is 2.17. The molecule has 0 heterocycles. The molecule has 0 radical (unpaired) electrons. The maximum absolute atomic E-state index is 11.4. The molecule has 0 spiro atoms. The Morgan fingerprint density at radius 3 is 2.38 bits per heavy atom. The summed E-state index contributed by atoms with van der Waals surface area (Å²) in [5.41, 5.74) is 0. The highest BCUT2D eigenvalue weighted by Gasteiger charge is 2.32. The van der Waals surface area contributed by atoms with Gasteiger partial charge < -0.3 is 14.6 Å². The molecule has 5 nitrogen and oxygen atoms in total. The van der Waals surface area contributed by atoms with Crippen molar-refractivity contribution in [1.82, 2.24) is 0 Å². The van der Waals surface area contributed by atoms with Crippen molar-refractivity contribution < 1.29 is 24.2 Å². The van der Waals surface area contributed by atoms with Crippen molar-refractivity contribution in [2.45, 2.75) is 84.0 Å². The third-order valence-corrected chi connectivity index (χ3v) is 3.44. The first-order valence-corrected chi connectivity index (χ1v) is 9.04. The summed E-state index contributed by atoms with van der Waals surface area (Å²) in [6.45, 7) is 8.20. The smallest absolute Gasteiger partial charge is 0.303 e. The van der Waals surface area contributed by atoms with Gasteiger partial charge in [0.15, 0.2) is 12.2 Å². The second-order valence-corrected chi connectivity index (χ2v) is 5.91. The van der Waals surface area contributed by atoms with Crippen LogP contribution in [0.5, 0.6) is 0 Å². The lowest BCUT2D eigenvalue weighted by Crippen LogP contribution is -2.42. The van der Waals surface area contributed by atoms with E-state index >= 15 is 0 Å². The van der Waals surface area contributed by atoms with Gasteiger partial charge in [-0.3, -0.25) is 9.59 Å². The fraction of sp³-hybridized carbons (Fsp3) is 0.619. The third-order valence-electron chi connectivity index (χ3n) is 3.44. The zero-order chi connectivity index (χ0) is 19.8. The molecule has 0 aromatic heterocycles. The topological polar surface area (TPSA) is 72.8 Å². The molecule has 0 saturated heterocycles. The van der Waals surface area contributed by atoms with Gasteiger partial charge >= 0.3 is 11.9 Å². The molecular formula is C21H30O5. The molecule has 144 valence electrons. The molecule has 3 atom stereocenters. The van der Waals surface area contributed by atoms with Gasteiger partial charge in [0.2, 0.25) is 0 Å². The third kappa shape index (κ3) is 12.2. The average molecular weight is 362 g/mol. The van der Waals surface area contributed by atoms with Gasteiger partial charge in [-0.05, 0) is 43.9 Å². The van der Waals surface area contributed by atoms with E-state index in [4.69, 9.17) is 9.47 Å². The zero-order valence-electron chi connectivity index (χ0n) is 16.0. The van der Waals surface area contributed by atoms with E-state index < -0.39 is 30.3 Å². The lowest BCUT2D eigenvalue weighted by Gasteiger charge is -2.27. The second-order valence-electron chi connectivity index (χ2n) is 5.91. The molecule has 0 bridgehead atoms. The van der Waals surface area contributed by atoms with E-state index in [2.05, 4.69) is 30.3 Å². The Bertz CT molecular complexity index is 558. The first-order valence-electron chi connectivity index (χ1n) is 9.04. The molecule has 1 N–H and O–H groups in total. The van der Waals surface area contributed by atoms with E-state index in [1.165, 1.54) is 13.8 Å². The Morgan fingerprint density at radius 2 is 1.81 bits per heavy atom. The van der Waals surface area contributed by atoms with Crippen LogP contribution >= 0.6 is 0 Å². The van der Waals surface area contributed by atoms with Crippen LogP contribution < -0.4 is 0 Å². The first kappa shape index (κ1) is 23.8. The standard InChI is InChI=1S/C21H30O5/c1-5-7-9-11-13-15-19(24)21(26-18(4)23)20(25-17(3)22)16-14-12-10-8-6-2/h6,19-21,24H,2,5,7-8,10,12,14,16H2,1,3-4H3/t19-,20+,21+/m1/s1. The van der Waals surface area contributed by atoms with Crippen LogP contribution in [-0.4, -0.2) is 35.4 Å². The highest BCUT2D eigenvalue weighted by molar-refractivity contribution is 5.67. The Morgan fingerprint density at radius 1 is 1.12 bits per heavy atom. The average Bonchev–Trinajstić information content (AvgIpc) is 2.57. The molecule has 0 amide bonds. The summed E-state index contributed by atoms with van der Waals surface area (Å²) in [4.78, 5) is 22.8. The number of ether oxygens (including phenoxy) is 2. The number of hydrogen-bond donors (Lipinski definition) is 1. The van der Waals surface area contributed by atoms with Gasteiger partial charge in [0, 0.05) is 20.3 Å². The molecule has 0 aromatic carbocycles. The molecule has 0 aliphatic heterocycles. The quantitative estimate of drug-likeness (QED) is 0.265. The lowest BCUT2D eigenvalue weighted by molar-refractivity contribution is -0.172. The van der Waals surface area contributed by atoms with E-state index in [1.807, 2.05) is 13.0 Å². The Balaban J connectivity index is 5.09. The van der Waals surface area contributed by atoms with E-state index in [0.717, 1.165) is 38.5 Å². The normalized spacial score (nSPS) is 13.1. The van der Waals surface area contributed by atoms with Crippen molar-refractivity contribution in [3.05, 3.63) is 12.7 Å². The maximum atomic E-state index is 11.4. The van der Waals surface area contributed by atoms with E-state index in [1.54, 1.807) is 0 Å². The monoisotopic (exact) mass is 362 g/mol. The minimum Gasteiger partial charge on any atom is -0.458 e. The molecular weight excluding hydrogens is 332 g/mol. The molecule has 0 aliphatic rings. The molecule has 0 fully saturated rings.